The number of carbonyl (C=O) groups excluding carboxylic acids is 1. The van der Waals surface area contributed by atoms with Gasteiger partial charge in [0.2, 0.25) is 5.91 Å². The molecular formula is C39H79NO4. The Labute approximate surface area is 275 Å². The standard InChI is InChI=1S/C39H79NO4/c1-3-5-7-9-11-13-15-17-19-21-23-25-27-29-31-33-37(42)39(44)36(35-41)40-38(43)34-32-30-28-26-24-22-20-18-16-14-12-10-8-6-4-2/h36-37,39,41-42,44H,3-35H2,1-2H3,(H,40,43)/t36-,37+,39-/m0/s1. The summed E-state index contributed by atoms with van der Waals surface area (Å²) in [6, 6.07) is -0.801. The van der Waals surface area contributed by atoms with Crippen molar-refractivity contribution in [2.75, 3.05) is 6.61 Å². The molecule has 0 aliphatic heterocycles. The van der Waals surface area contributed by atoms with Crippen LogP contribution in [0.4, 0.5) is 0 Å². The van der Waals surface area contributed by atoms with E-state index in [9.17, 15) is 20.1 Å². The number of unbranched alkanes of at least 4 members (excludes halogenated alkanes) is 28. The quantitative estimate of drug-likeness (QED) is 0.0521. The number of aliphatic hydroxyl groups excluding tert-OH is 3. The molecule has 0 fully saturated rings. The van der Waals surface area contributed by atoms with Gasteiger partial charge in [-0.05, 0) is 12.8 Å². The zero-order chi connectivity index (χ0) is 32.4. The van der Waals surface area contributed by atoms with E-state index in [0.717, 1.165) is 32.1 Å². The van der Waals surface area contributed by atoms with Crippen molar-refractivity contribution in [2.24, 2.45) is 0 Å². The minimum absolute atomic E-state index is 0.142. The first-order chi connectivity index (χ1) is 21.6. The van der Waals surface area contributed by atoms with E-state index in [2.05, 4.69) is 19.2 Å². The topological polar surface area (TPSA) is 89.8 Å². The Kier molecular flexibility index (Phi) is 34.7. The molecule has 0 heterocycles. The molecule has 0 saturated carbocycles. The van der Waals surface area contributed by atoms with Crippen LogP contribution in [0, 0.1) is 0 Å². The van der Waals surface area contributed by atoms with Gasteiger partial charge in [0.25, 0.3) is 0 Å². The average Bonchev–Trinajstić information content (AvgIpc) is 3.03. The molecular weight excluding hydrogens is 546 g/mol. The first-order valence-electron chi connectivity index (χ1n) is 19.8. The van der Waals surface area contributed by atoms with Crippen molar-refractivity contribution in [2.45, 2.75) is 238 Å². The third-order valence-electron chi connectivity index (χ3n) is 9.46. The Bertz CT molecular complexity index is 572. The summed E-state index contributed by atoms with van der Waals surface area (Å²) in [7, 11) is 0. The third-order valence-corrected chi connectivity index (χ3v) is 9.46. The summed E-state index contributed by atoms with van der Waals surface area (Å²) in [4.78, 5) is 12.4. The Morgan fingerprint density at radius 3 is 1.09 bits per heavy atom. The van der Waals surface area contributed by atoms with E-state index in [1.54, 1.807) is 0 Å². The SMILES string of the molecule is CCCCCCCCCCCCCCCCCC(=O)N[C@@H](CO)[C@H](O)[C@H](O)CCCCCCCCCCCCCCCCC. The van der Waals surface area contributed by atoms with Crippen LogP contribution >= 0.6 is 0 Å². The van der Waals surface area contributed by atoms with E-state index in [4.69, 9.17) is 0 Å². The van der Waals surface area contributed by atoms with Crippen LogP contribution in [0.2, 0.25) is 0 Å². The summed E-state index contributed by atoms with van der Waals surface area (Å²) in [5, 5.41) is 33.4. The monoisotopic (exact) mass is 626 g/mol. The summed E-state index contributed by atoms with van der Waals surface area (Å²) >= 11 is 0. The molecule has 44 heavy (non-hydrogen) atoms. The van der Waals surface area contributed by atoms with Gasteiger partial charge in [-0.1, -0.05) is 200 Å². The van der Waals surface area contributed by atoms with Crippen molar-refractivity contribution in [1.82, 2.24) is 5.32 Å². The van der Waals surface area contributed by atoms with Crippen LogP contribution in [0.15, 0.2) is 0 Å². The van der Waals surface area contributed by atoms with Gasteiger partial charge in [0.1, 0.15) is 6.10 Å². The molecule has 1 amide bonds. The summed E-state index contributed by atoms with van der Waals surface area (Å²) in [6.45, 7) is 4.18. The maximum absolute atomic E-state index is 12.4. The highest BCUT2D eigenvalue weighted by molar-refractivity contribution is 5.76. The fraction of sp³-hybridized carbons (Fsp3) is 0.974. The summed E-state index contributed by atoms with van der Waals surface area (Å²) in [5.41, 5.74) is 0. The van der Waals surface area contributed by atoms with E-state index in [1.807, 2.05) is 0 Å². The maximum atomic E-state index is 12.4. The molecule has 264 valence electrons. The minimum Gasteiger partial charge on any atom is -0.394 e. The Morgan fingerprint density at radius 2 is 0.773 bits per heavy atom. The highest BCUT2D eigenvalue weighted by atomic mass is 16.3. The van der Waals surface area contributed by atoms with Gasteiger partial charge in [-0.3, -0.25) is 4.79 Å². The first kappa shape index (κ1) is 43.4. The largest absolute Gasteiger partial charge is 0.394 e. The smallest absolute Gasteiger partial charge is 0.220 e. The molecule has 0 unspecified atom stereocenters. The number of rotatable bonds is 36. The second-order valence-corrected chi connectivity index (χ2v) is 13.9. The van der Waals surface area contributed by atoms with E-state index in [1.165, 1.54) is 161 Å². The number of hydrogen-bond donors (Lipinski definition) is 4. The minimum atomic E-state index is -1.13. The van der Waals surface area contributed by atoms with Crippen molar-refractivity contribution >= 4 is 5.91 Å². The number of hydrogen-bond acceptors (Lipinski definition) is 4. The van der Waals surface area contributed by atoms with E-state index >= 15 is 0 Å². The predicted octanol–water partition coefficient (Wildman–Crippen LogP) is 10.7. The average molecular weight is 626 g/mol. The van der Waals surface area contributed by atoms with Crippen LogP contribution < -0.4 is 5.32 Å². The highest BCUT2D eigenvalue weighted by Gasteiger charge is 2.26. The van der Waals surface area contributed by atoms with Gasteiger partial charge in [-0.2, -0.15) is 0 Å². The maximum Gasteiger partial charge on any atom is 0.220 e. The van der Waals surface area contributed by atoms with Crippen molar-refractivity contribution in [3.63, 3.8) is 0 Å². The molecule has 0 aromatic carbocycles. The molecule has 0 rings (SSSR count). The molecule has 3 atom stereocenters. The van der Waals surface area contributed by atoms with Crippen LogP contribution in [0.5, 0.6) is 0 Å². The van der Waals surface area contributed by atoms with Crippen LogP contribution in [0.3, 0.4) is 0 Å². The van der Waals surface area contributed by atoms with E-state index in [-0.39, 0.29) is 12.5 Å². The van der Waals surface area contributed by atoms with E-state index < -0.39 is 18.2 Å². The Morgan fingerprint density at radius 1 is 0.477 bits per heavy atom. The summed E-state index contributed by atoms with van der Waals surface area (Å²) in [5.74, 6) is -0.142. The van der Waals surface area contributed by atoms with Gasteiger partial charge in [-0.25, -0.2) is 0 Å². The number of amides is 1. The molecule has 0 aliphatic rings. The van der Waals surface area contributed by atoms with Crippen molar-refractivity contribution < 1.29 is 20.1 Å². The number of aliphatic hydroxyl groups is 3. The summed E-state index contributed by atoms with van der Waals surface area (Å²) < 4.78 is 0. The van der Waals surface area contributed by atoms with Crippen molar-refractivity contribution in [3.05, 3.63) is 0 Å². The lowest BCUT2D eigenvalue weighted by atomic mass is 9.99. The highest BCUT2D eigenvalue weighted by Crippen LogP contribution is 2.16. The van der Waals surface area contributed by atoms with E-state index in [0.29, 0.717) is 12.8 Å². The molecule has 0 aromatic rings. The van der Waals surface area contributed by atoms with Gasteiger partial charge in [0.15, 0.2) is 0 Å². The first-order valence-corrected chi connectivity index (χ1v) is 19.8. The Hall–Kier alpha value is -0.650. The zero-order valence-corrected chi connectivity index (χ0v) is 29.8. The van der Waals surface area contributed by atoms with Crippen LogP contribution in [0.25, 0.3) is 0 Å². The van der Waals surface area contributed by atoms with Crippen molar-refractivity contribution in [1.29, 1.82) is 0 Å². The Balaban J connectivity index is 3.63. The lowest BCUT2D eigenvalue weighted by molar-refractivity contribution is -0.124. The van der Waals surface area contributed by atoms with Gasteiger partial charge in [0, 0.05) is 6.42 Å². The molecule has 0 aliphatic carbocycles. The van der Waals surface area contributed by atoms with Gasteiger partial charge < -0.3 is 20.6 Å². The fourth-order valence-electron chi connectivity index (χ4n) is 6.34. The number of carbonyl (C=O) groups is 1. The molecule has 5 heteroatoms. The van der Waals surface area contributed by atoms with Crippen LogP contribution in [0.1, 0.15) is 219 Å². The molecule has 5 nitrogen and oxygen atoms in total. The van der Waals surface area contributed by atoms with Gasteiger partial charge >= 0.3 is 0 Å². The molecule has 0 bridgehead atoms. The second-order valence-electron chi connectivity index (χ2n) is 13.9. The predicted molar refractivity (Wildman–Crippen MR) is 190 cm³/mol. The normalized spacial score (nSPS) is 13.7. The molecule has 0 spiro atoms. The van der Waals surface area contributed by atoms with Crippen molar-refractivity contribution in [3.8, 4) is 0 Å². The van der Waals surface area contributed by atoms with Gasteiger partial charge in [-0.15, -0.1) is 0 Å². The molecule has 0 radical (unpaired) electrons. The zero-order valence-electron chi connectivity index (χ0n) is 29.8. The summed E-state index contributed by atoms with van der Waals surface area (Å²) in [6.07, 6.45) is 37.6. The molecule has 0 saturated heterocycles. The lowest BCUT2D eigenvalue weighted by Crippen LogP contribution is -2.50. The molecule has 4 N–H and O–H groups in total. The fourth-order valence-corrected chi connectivity index (χ4v) is 6.34. The second kappa shape index (κ2) is 35.2. The number of nitrogens with one attached hydrogen (secondary N) is 1. The lowest BCUT2D eigenvalue weighted by Gasteiger charge is -2.26. The van der Waals surface area contributed by atoms with Crippen LogP contribution in [-0.4, -0.2) is 46.1 Å². The third kappa shape index (κ3) is 30.0. The molecule has 0 aromatic heterocycles. The van der Waals surface area contributed by atoms with Crippen LogP contribution in [-0.2, 0) is 4.79 Å². The van der Waals surface area contributed by atoms with Gasteiger partial charge in [0.05, 0.1) is 18.8 Å².